The van der Waals surface area contributed by atoms with Gasteiger partial charge < -0.3 is 14.8 Å². The molecule has 0 fully saturated rings. The lowest BCUT2D eigenvalue weighted by Gasteiger charge is -2.09. The summed E-state index contributed by atoms with van der Waals surface area (Å²) in [5.41, 5.74) is 1.19. The molecular formula is C15H25NO2S. The Hall–Kier alpha value is -0.870. The summed E-state index contributed by atoms with van der Waals surface area (Å²) in [6.45, 7) is 1.92. The Bertz CT molecular complexity index is 336. The second kappa shape index (κ2) is 9.98. The summed E-state index contributed by atoms with van der Waals surface area (Å²) in [6.07, 6.45) is 6.02. The molecule has 19 heavy (non-hydrogen) atoms. The Kier molecular flexibility index (Phi) is 8.50. The molecule has 0 atom stereocenters. The number of rotatable bonds is 10. The van der Waals surface area contributed by atoms with Crippen molar-refractivity contribution in [3.63, 3.8) is 0 Å². The molecule has 0 unspecified atom stereocenters. The van der Waals surface area contributed by atoms with E-state index in [0.717, 1.165) is 24.6 Å². The van der Waals surface area contributed by atoms with Gasteiger partial charge in [-0.3, -0.25) is 0 Å². The second-order valence-corrected chi connectivity index (χ2v) is 5.44. The topological polar surface area (TPSA) is 30.5 Å². The van der Waals surface area contributed by atoms with Crippen LogP contribution in [0.5, 0.6) is 11.5 Å². The summed E-state index contributed by atoms with van der Waals surface area (Å²) in [5.74, 6) is 2.96. The van der Waals surface area contributed by atoms with Gasteiger partial charge in [-0.05, 0) is 49.1 Å². The Labute approximate surface area is 121 Å². The standard InChI is InChI=1S/C15H25NO2S/c1-17-14-9-13(10-15(11-14)18-2)12-16-7-5-4-6-8-19-3/h9-11,16H,4-8,12H2,1-3H3. The summed E-state index contributed by atoms with van der Waals surface area (Å²) < 4.78 is 10.5. The lowest BCUT2D eigenvalue weighted by atomic mass is 10.2. The first-order chi connectivity index (χ1) is 9.30. The van der Waals surface area contributed by atoms with E-state index in [2.05, 4.69) is 11.6 Å². The molecule has 3 nitrogen and oxygen atoms in total. The maximum atomic E-state index is 5.26. The van der Waals surface area contributed by atoms with Crippen LogP contribution in [0.3, 0.4) is 0 Å². The average molecular weight is 283 g/mol. The third-order valence-corrected chi connectivity index (χ3v) is 3.64. The molecule has 0 saturated carbocycles. The highest BCUT2D eigenvalue weighted by Crippen LogP contribution is 2.22. The van der Waals surface area contributed by atoms with Crippen LogP contribution < -0.4 is 14.8 Å². The van der Waals surface area contributed by atoms with Crippen molar-refractivity contribution < 1.29 is 9.47 Å². The Balaban J connectivity index is 2.28. The minimum Gasteiger partial charge on any atom is -0.497 e. The first kappa shape index (κ1) is 16.2. The highest BCUT2D eigenvalue weighted by Gasteiger charge is 2.01. The van der Waals surface area contributed by atoms with Crippen LogP contribution in [0.2, 0.25) is 0 Å². The number of hydrogen-bond acceptors (Lipinski definition) is 4. The van der Waals surface area contributed by atoms with Gasteiger partial charge in [0.25, 0.3) is 0 Å². The SMILES string of the molecule is COc1cc(CNCCCCCSC)cc(OC)c1. The van der Waals surface area contributed by atoms with Crippen molar-refractivity contribution in [3.8, 4) is 11.5 Å². The molecule has 0 aliphatic heterocycles. The molecule has 0 aliphatic carbocycles. The van der Waals surface area contributed by atoms with Crippen molar-refractivity contribution in [1.82, 2.24) is 5.32 Å². The van der Waals surface area contributed by atoms with E-state index in [1.54, 1.807) is 14.2 Å². The van der Waals surface area contributed by atoms with Crippen LogP contribution in [-0.2, 0) is 6.54 Å². The van der Waals surface area contributed by atoms with E-state index in [9.17, 15) is 0 Å². The maximum Gasteiger partial charge on any atom is 0.122 e. The van der Waals surface area contributed by atoms with Gasteiger partial charge in [-0.2, -0.15) is 11.8 Å². The smallest absolute Gasteiger partial charge is 0.122 e. The van der Waals surface area contributed by atoms with Crippen LogP contribution in [0.4, 0.5) is 0 Å². The number of benzene rings is 1. The summed E-state index contributed by atoms with van der Waals surface area (Å²) in [6, 6.07) is 5.98. The molecule has 0 heterocycles. The number of unbranched alkanes of at least 4 members (excludes halogenated alkanes) is 2. The summed E-state index contributed by atoms with van der Waals surface area (Å²) in [7, 11) is 3.36. The molecule has 1 N–H and O–H groups in total. The van der Waals surface area contributed by atoms with Gasteiger partial charge in [0, 0.05) is 12.6 Å². The Morgan fingerprint density at radius 1 is 1.00 bits per heavy atom. The summed E-state index contributed by atoms with van der Waals surface area (Å²) >= 11 is 1.92. The molecule has 0 bridgehead atoms. The minimum absolute atomic E-state index is 0.844. The van der Waals surface area contributed by atoms with Crippen molar-refractivity contribution in [2.75, 3.05) is 32.8 Å². The zero-order chi connectivity index (χ0) is 13.9. The van der Waals surface area contributed by atoms with Crippen LogP contribution in [0.1, 0.15) is 24.8 Å². The van der Waals surface area contributed by atoms with Crippen molar-refractivity contribution in [1.29, 1.82) is 0 Å². The fourth-order valence-corrected chi connectivity index (χ4v) is 2.37. The number of ether oxygens (including phenoxy) is 2. The van der Waals surface area contributed by atoms with E-state index in [1.165, 1.54) is 30.6 Å². The van der Waals surface area contributed by atoms with Gasteiger partial charge in [0.05, 0.1) is 14.2 Å². The van der Waals surface area contributed by atoms with E-state index in [-0.39, 0.29) is 0 Å². The molecule has 0 amide bonds. The van der Waals surface area contributed by atoms with E-state index in [1.807, 2.05) is 30.0 Å². The van der Waals surface area contributed by atoms with Crippen molar-refractivity contribution in [2.45, 2.75) is 25.8 Å². The highest BCUT2D eigenvalue weighted by molar-refractivity contribution is 7.98. The van der Waals surface area contributed by atoms with E-state index in [4.69, 9.17) is 9.47 Å². The molecule has 0 radical (unpaired) electrons. The zero-order valence-corrected chi connectivity index (χ0v) is 13.0. The minimum atomic E-state index is 0.844. The van der Waals surface area contributed by atoms with Gasteiger partial charge in [0.1, 0.15) is 11.5 Å². The molecule has 108 valence electrons. The molecule has 1 aromatic rings. The lowest BCUT2D eigenvalue weighted by molar-refractivity contribution is 0.393. The van der Waals surface area contributed by atoms with Crippen LogP contribution in [0.25, 0.3) is 0 Å². The van der Waals surface area contributed by atoms with Gasteiger partial charge in [0.2, 0.25) is 0 Å². The molecule has 0 spiro atoms. The molecular weight excluding hydrogens is 258 g/mol. The average Bonchev–Trinajstić information content (AvgIpc) is 2.45. The van der Waals surface area contributed by atoms with Gasteiger partial charge in [-0.25, -0.2) is 0 Å². The quantitative estimate of drug-likeness (QED) is 0.667. The summed E-state index contributed by atoms with van der Waals surface area (Å²) in [5, 5.41) is 3.46. The molecule has 0 aromatic heterocycles. The van der Waals surface area contributed by atoms with Gasteiger partial charge >= 0.3 is 0 Å². The molecule has 0 saturated heterocycles. The summed E-state index contributed by atoms with van der Waals surface area (Å²) in [4.78, 5) is 0. The predicted octanol–water partition coefficient (Wildman–Crippen LogP) is 3.33. The fourth-order valence-electron chi connectivity index (χ4n) is 1.87. The van der Waals surface area contributed by atoms with Crippen LogP contribution in [-0.4, -0.2) is 32.8 Å². The maximum absolute atomic E-state index is 5.26. The molecule has 1 rings (SSSR count). The first-order valence-electron chi connectivity index (χ1n) is 6.71. The first-order valence-corrected chi connectivity index (χ1v) is 8.11. The van der Waals surface area contributed by atoms with Gasteiger partial charge in [-0.15, -0.1) is 0 Å². The van der Waals surface area contributed by atoms with Crippen molar-refractivity contribution in [2.24, 2.45) is 0 Å². The monoisotopic (exact) mass is 283 g/mol. The number of hydrogen-bond donors (Lipinski definition) is 1. The van der Waals surface area contributed by atoms with Gasteiger partial charge in [-0.1, -0.05) is 6.42 Å². The molecule has 1 aromatic carbocycles. The predicted molar refractivity (Wildman–Crippen MR) is 83.5 cm³/mol. The largest absolute Gasteiger partial charge is 0.497 e. The third-order valence-electron chi connectivity index (χ3n) is 2.94. The third kappa shape index (κ3) is 6.73. The zero-order valence-electron chi connectivity index (χ0n) is 12.2. The van der Waals surface area contributed by atoms with Crippen LogP contribution in [0.15, 0.2) is 18.2 Å². The Morgan fingerprint density at radius 3 is 2.26 bits per heavy atom. The fraction of sp³-hybridized carbons (Fsp3) is 0.600. The van der Waals surface area contributed by atoms with E-state index < -0.39 is 0 Å². The number of methoxy groups -OCH3 is 2. The molecule has 4 heteroatoms. The number of thioether (sulfide) groups is 1. The second-order valence-electron chi connectivity index (χ2n) is 4.45. The number of nitrogens with one attached hydrogen (secondary N) is 1. The Morgan fingerprint density at radius 2 is 1.68 bits per heavy atom. The normalized spacial score (nSPS) is 10.5. The van der Waals surface area contributed by atoms with E-state index in [0.29, 0.717) is 0 Å². The van der Waals surface area contributed by atoms with Crippen molar-refractivity contribution >= 4 is 11.8 Å². The lowest BCUT2D eigenvalue weighted by Crippen LogP contribution is -2.14. The van der Waals surface area contributed by atoms with Crippen LogP contribution in [0, 0.1) is 0 Å². The van der Waals surface area contributed by atoms with Crippen LogP contribution >= 0.6 is 11.8 Å². The van der Waals surface area contributed by atoms with E-state index >= 15 is 0 Å². The van der Waals surface area contributed by atoms with Crippen molar-refractivity contribution in [3.05, 3.63) is 23.8 Å². The highest BCUT2D eigenvalue weighted by atomic mass is 32.2. The van der Waals surface area contributed by atoms with Gasteiger partial charge in [0.15, 0.2) is 0 Å². The molecule has 0 aliphatic rings.